The summed E-state index contributed by atoms with van der Waals surface area (Å²) < 4.78 is 0. The smallest absolute Gasteiger partial charge is 0.172 e. The predicted molar refractivity (Wildman–Crippen MR) is 66.8 cm³/mol. The van der Waals surface area contributed by atoms with E-state index in [0.29, 0.717) is 18.2 Å². The van der Waals surface area contributed by atoms with E-state index >= 15 is 0 Å². The van der Waals surface area contributed by atoms with E-state index in [1.807, 2.05) is 29.2 Å². The Bertz CT molecular complexity index is 557. The van der Waals surface area contributed by atoms with Gasteiger partial charge >= 0.3 is 0 Å². The molecule has 0 spiro atoms. The van der Waals surface area contributed by atoms with Crippen LogP contribution in [0.4, 0.5) is 11.6 Å². The van der Waals surface area contributed by atoms with E-state index in [0.717, 1.165) is 24.0 Å². The maximum atomic E-state index is 9.53. The van der Waals surface area contributed by atoms with Gasteiger partial charge in [0.1, 0.15) is 0 Å². The third kappa shape index (κ3) is 1.78. The van der Waals surface area contributed by atoms with Crippen molar-refractivity contribution in [3.63, 3.8) is 0 Å². The van der Waals surface area contributed by atoms with Crippen molar-refractivity contribution < 1.29 is 5.11 Å². The van der Waals surface area contributed by atoms with Gasteiger partial charge in [-0.3, -0.25) is 0 Å². The van der Waals surface area contributed by atoms with Gasteiger partial charge in [-0.1, -0.05) is 12.1 Å². The number of nitrogens with two attached hydrogens (primary N) is 1. The lowest BCUT2D eigenvalue weighted by molar-refractivity contribution is 0.198. The first-order valence-electron chi connectivity index (χ1n) is 5.69. The minimum atomic E-state index is -0.289. The zero-order valence-electron chi connectivity index (χ0n) is 9.37. The molecule has 0 amide bonds. The van der Waals surface area contributed by atoms with Crippen LogP contribution in [0.15, 0.2) is 24.3 Å². The second kappa shape index (κ2) is 3.85. The molecular formula is C12H14N4O. The van der Waals surface area contributed by atoms with Gasteiger partial charge in [0.2, 0.25) is 0 Å². The number of nitrogen functional groups attached to an aromatic ring is 1. The topological polar surface area (TPSA) is 75.3 Å². The average Bonchev–Trinajstić information content (AvgIpc) is 2.75. The van der Waals surface area contributed by atoms with Gasteiger partial charge in [0.25, 0.3) is 0 Å². The molecule has 1 saturated heterocycles. The summed E-state index contributed by atoms with van der Waals surface area (Å²) in [7, 11) is 0. The van der Waals surface area contributed by atoms with E-state index in [9.17, 15) is 5.11 Å². The number of aliphatic hydroxyl groups is 1. The lowest BCUT2D eigenvalue weighted by Gasteiger charge is -2.18. The van der Waals surface area contributed by atoms with Crippen molar-refractivity contribution in [1.29, 1.82) is 0 Å². The van der Waals surface area contributed by atoms with E-state index < -0.39 is 0 Å². The number of aromatic nitrogens is 2. The summed E-state index contributed by atoms with van der Waals surface area (Å²) in [5, 5.41) is 9.53. The monoisotopic (exact) mass is 230 g/mol. The number of benzene rings is 1. The van der Waals surface area contributed by atoms with Crippen LogP contribution < -0.4 is 10.6 Å². The molecule has 0 radical (unpaired) electrons. The van der Waals surface area contributed by atoms with Crippen LogP contribution in [0.2, 0.25) is 0 Å². The number of fused-ring (bicyclic) bond motifs is 1. The highest BCUT2D eigenvalue weighted by molar-refractivity contribution is 5.79. The number of para-hydroxylation sites is 2. The summed E-state index contributed by atoms with van der Waals surface area (Å²) in [6.07, 6.45) is 0.469. The largest absolute Gasteiger partial charge is 0.391 e. The summed E-state index contributed by atoms with van der Waals surface area (Å²) in [5.41, 5.74) is 7.55. The molecule has 1 unspecified atom stereocenters. The van der Waals surface area contributed by atoms with Crippen LogP contribution in [-0.2, 0) is 0 Å². The molecule has 88 valence electrons. The Morgan fingerprint density at radius 1 is 1.24 bits per heavy atom. The minimum Gasteiger partial charge on any atom is -0.391 e. The Labute approximate surface area is 98.9 Å². The number of aliphatic hydroxyl groups excluding tert-OH is 1. The lowest BCUT2D eigenvalue weighted by atomic mass is 10.3. The van der Waals surface area contributed by atoms with Crippen LogP contribution in [0.25, 0.3) is 11.0 Å². The molecule has 1 aromatic heterocycles. The molecular weight excluding hydrogens is 216 g/mol. The maximum absolute atomic E-state index is 9.53. The van der Waals surface area contributed by atoms with Gasteiger partial charge in [0.15, 0.2) is 11.6 Å². The Hall–Kier alpha value is -1.88. The van der Waals surface area contributed by atoms with Crippen LogP contribution in [0.1, 0.15) is 6.42 Å². The molecule has 3 rings (SSSR count). The SMILES string of the molecule is Nc1nc2ccccc2nc1N1CCC(O)C1. The maximum Gasteiger partial charge on any atom is 0.172 e. The first kappa shape index (κ1) is 10.3. The van der Waals surface area contributed by atoms with Crippen LogP contribution in [0, 0.1) is 0 Å². The normalized spacial score (nSPS) is 20.1. The van der Waals surface area contributed by atoms with E-state index in [4.69, 9.17) is 5.73 Å². The van der Waals surface area contributed by atoms with Crippen LogP contribution in [0.5, 0.6) is 0 Å². The van der Waals surface area contributed by atoms with Crippen molar-refractivity contribution in [3.8, 4) is 0 Å². The number of rotatable bonds is 1. The van der Waals surface area contributed by atoms with Crippen LogP contribution >= 0.6 is 0 Å². The second-order valence-corrected chi connectivity index (χ2v) is 4.31. The van der Waals surface area contributed by atoms with Gasteiger partial charge in [0.05, 0.1) is 17.1 Å². The van der Waals surface area contributed by atoms with Crippen LogP contribution in [-0.4, -0.2) is 34.3 Å². The molecule has 17 heavy (non-hydrogen) atoms. The Morgan fingerprint density at radius 2 is 1.94 bits per heavy atom. The molecule has 1 aliphatic heterocycles. The van der Waals surface area contributed by atoms with E-state index in [-0.39, 0.29) is 6.10 Å². The highest BCUT2D eigenvalue weighted by Crippen LogP contribution is 2.25. The molecule has 1 fully saturated rings. The average molecular weight is 230 g/mol. The molecule has 5 heteroatoms. The summed E-state index contributed by atoms with van der Waals surface area (Å²) >= 11 is 0. The quantitative estimate of drug-likeness (QED) is 0.757. The second-order valence-electron chi connectivity index (χ2n) is 4.31. The fourth-order valence-electron chi connectivity index (χ4n) is 2.17. The van der Waals surface area contributed by atoms with E-state index in [2.05, 4.69) is 9.97 Å². The van der Waals surface area contributed by atoms with E-state index in [1.165, 1.54) is 0 Å². The van der Waals surface area contributed by atoms with Gasteiger partial charge in [-0.25, -0.2) is 9.97 Å². The van der Waals surface area contributed by atoms with Gasteiger partial charge in [-0.05, 0) is 18.6 Å². The Balaban J connectivity index is 2.07. The van der Waals surface area contributed by atoms with Crippen molar-refractivity contribution in [2.45, 2.75) is 12.5 Å². The van der Waals surface area contributed by atoms with Crippen molar-refractivity contribution in [2.24, 2.45) is 0 Å². The molecule has 1 aromatic carbocycles. The Kier molecular flexibility index (Phi) is 2.33. The van der Waals surface area contributed by atoms with Gasteiger partial charge in [0, 0.05) is 13.1 Å². The zero-order chi connectivity index (χ0) is 11.8. The molecule has 5 nitrogen and oxygen atoms in total. The number of nitrogens with zero attached hydrogens (tertiary/aromatic N) is 3. The predicted octanol–water partition coefficient (Wildman–Crippen LogP) is 0.783. The van der Waals surface area contributed by atoms with Gasteiger partial charge < -0.3 is 15.7 Å². The number of hydrogen-bond acceptors (Lipinski definition) is 5. The first-order valence-corrected chi connectivity index (χ1v) is 5.69. The lowest BCUT2D eigenvalue weighted by Crippen LogP contribution is -2.23. The molecule has 1 aliphatic rings. The molecule has 3 N–H and O–H groups in total. The molecule has 2 aromatic rings. The minimum absolute atomic E-state index is 0.289. The third-order valence-electron chi connectivity index (χ3n) is 3.04. The van der Waals surface area contributed by atoms with Gasteiger partial charge in [-0.15, -0.1) is 0 Å². The molecule has 0 bridgehead atoms. The molecule has 0 aliphatic carbocycles. The fraction of sp³-hybridized carbons (Fsp3) is 0.333. The summed E-state index contributed by atoms with van der Waals surface area (Å²) in [4.78, 5) is 10.8. The number of hydrogen-bond donors (Lipinski definition) is 2. The first-order chi connectivity index (χ1) is 8.24. The number of β-amino-alcohol motifs (C(OH)–C–C–N with tert-alkyl or cyclic N) is 1. The molecule has 0 saturated carbocycles. The standard InChI is InChI=1S/C12H14N4O/c13-11-12(16-6-5-8(17)7-16)15-10-4-2-1-3-9(10)14-11/h1-4,8,17H,5-7H2,(H2,13,14). The van der Waals surface area contributed by atoms with E-state index in [1.54, 1.807) is 0 Å². The van der Waals surface area contributed by atoms with Crippen molar-refractivity contribution >= 4 is 22.7 Å². The van der Waals surface area contributed by atoms with Crippen molar-refractivity contribution in [3.05, 3.63) is 24.3 Å². The summed E-state index contributed by atoms with van der Waals surface area (Å²) in [5.74, 6) is 1.11. The zero-order valence-corrected chi connectivity index (χ0v) is 9.37. The number of anilines is 2. The molecule has 1 atom stereocenters. The highest BCUT2D eigenvalue weighted by Gasteiger charge is 2.23. The molecule has 2 heterocycles. The Morgan fingerprint density at radius 3 is 2.59 bits per heavy atom. The van der Waals surface area contributed by atoms with Gasteiger partial charge in [-0.2, -0.15) is 0 Å². The van der Waals surface area contributed by atoms with Crippen LogP contribution in [0.3, 0.4) is 0 Å². The third-order valence-corrected chi connectivity index (χ3v) is 3.04. The van der Waals surface area contributed by atoms with Crippen molar-refractivity contribution in [1.82, 2.24) is 9.97 Å². The summed E-state index contributed by atoms with van der Waals surface area (Å²) in [6, 6.07) is 7.64. The summed E-state index contributed by atoms with van der Waals surface area (Å²) in [6.45, 7) is 1.36. The van der Waals surface area contributed by atoms with Crippen molar-refractivity contribution in [2.75, 3.05) is 23.7 Å². The fourth-order valence-corrected chi connectivity index (χ4v) is 2.17. The highest BCUT2D eigenvalue weighted by atomic mass is 16.3.